The van der Waals surface area contributed by atoms with Crippen LogP contribution in [0.3, 0.4) is 0 Å². The molecule has 96 valence electrons. The lowest BCUT2D eigenvalue weighted by Gasteiger charge is -2.16. The average molecular weight is 248 g/mol. The fourth-order valence-corrected chi connectivity index (χ4v) is 1.39. The van der Waals surface area contributed by atoms with Crippen LogP contribution in [-0.4, -0.2) is 54.2 Å². The van der Waals surface area contributed by atoms with Crippen molar-refractivity contribution >= 4 is 5.91 Å². The van der Waals surface area contributed by atoms with Crippen LogP contribution in [-0.2, 0) is 0 Å². The topological polar surface area (TPSA) is 89.2 Å². The number of carbonyl (C=O) groups is 1. The number of aromatic nitrogens is 1. The van der Waals surface area contributed by atoms with Gasteiger partial charge < -0.3 is 15.3 Å². The summed E-state index contributed by atoms with van der Waals surface area (Å²) in [6.07, 6.45) is 0.724. The number of aliphatic hydroxyl groups excluding tert-OH is 1. The standard InChI is InChI=1S/C12H16N4O2/c1-16(2)8-11(17)7-15-12(18)9-3-4-10(5-13)14-6-9/h3-4,6,11,17H,7-8H2,1-2H3,(H,15,18)/t11-/m0/s1. The van der Waals surface area contributed by atoms with Crippen molar-refractivity contribution < 1.29 is 9.90 Å². The molecule has 6 nitrogen and oxygen atoms in total. The SMILES string of the molecule is CN(C)C[C@@H](O)CNC(=O)c1ccc(C#N)nc1. The van der Waals surface area contributed by atoms with Crippen LogP contribution < -0.4 is 5.32 Å². The molecular weight excluding hydrogens is 232 g/mol. The van der Waals surface area contributed by atoms with Crippen molar-refractivity contribution in [3.05, 3.63) is 29.6 Å². The normalized spacial score (nSPS) is 11.9. The number of aliphatic hydroxyl groups is 1. The van der Waals surface area contributed by atoms with Gasteiger partial charge >= 0.3 is 0 Å². The first-order chi connectivity index (χ1) is 8.52. The Morgan fingerprint density at radius 1 is 1.61 bits per heavy atom. The van der Waals surface area contributed by atoms with Crippen LogP contribution in [0.5, 0.6) is 0 Å². The molecule has 0 aromatic carbocycles. The molecule has 0 spiro atoms. The van der Waals surface area contributed by atoms with E-state index in [2.05, 4.69) is 10.3 Å². The van der Waals surface area contributed by atoms with Gasteiger partial charge in [-0.25, -0.2) is 4.98 Å². The summed E-state index contributed by atoms with van der Waals surface area (Å²) in [7, 11) is 3.69. The molecule has 0 bridgehead atoms. The quantitative estimate of drug-likeness (QED) is 0.740. The molecule has 0 saturated heterocycles. The Morgan fingerprint density at radius 2 is 2.33 bits per heavy atom. The summed E-state index contributed by atoms with van der Waals surface area (Å²) in [4.78, 5) is 17.3. The van der Waals surface area contributed by atoms with E-state index < -0.39 is 6.10 Å². The molecule has 0 unspecified atom stereocenters. The summed E-state index contributed by atoms with van der Waals surface area (Å²) >= 11 is 0. The number of nitriles is 1. The van der Waals surface area contributed by atoms with Crippen LogP contribution in [0.1, 0.15) is 16.1 Å². The number of nitrogens with one attached hydrogen (secondary N) is 1. The monoisotopic (exact) mass is 248 g/mol. The summed E-state index contributed by atoms with van der Waals surface area (Å²) in [6, 6.07) is 4.88. The predicted molar refractivity (Wildman–Crippen MR) is 65.8 cm³/mol. The third-order valence-electron chi connectivity index (χ3n) is 2.21. The Kier molecular flexibility index (Phi) is 5.24. The van der Waals surface area contributed by atoms with Gasteiger partial charge in [0, 0.05) is 19.3 Å². The molecule has 1 rings (SSSR count). The van der Waals surface area contributed by atoms with E-state index in [1.54, 1.807) is 0 Å². The Balaban J connectivity index is 2.47. The highest BCUT2D eigenvalue weighted by Crippen LogP contribution is 1.99. The summed E-state index contributed by atoms with van der Waals surface area (Å²) in [5.41, 5.74) is 0.630. The predicted octanol–water partition coefficient (Wildman–Crippen LogP) is -0.394. The minimum atomic E-state index is -0.615. The molecule has 0 fully saturated rings. The van der Waals surface area contributed by atoms with E-state index in [1.807, 2.05) is 25.1 Å². The summed E-state index contributed by atoms with van der Waals surface area (Å²) in [5, 5.41) is 20.8. The zero-order valence-electron chi connectivity index (χ0n) is 10.4. The van der Waals surface area contributed by atoms with E-state index >= 15 is 0 Å². The molecule has 0 radical (unpaired) electrons. The number of nitrogens with zero attached hydrogens (tertiary/aromatic N) is 3. The van der Waals surface area contributed by atoms with Gasteiger partial charge in [-0.3, -0.25) is 4.79 Å². The van der Waals surface area contributed by atoms with Crippen molar-refractivity contribution in [2.45, 2.75) is 6.10 Å². The molecule has 0 aliphatic rings. The summed E-state index contributed by atoms with van der Waals surface area (Å²) in [5.74, 6) is -0.315. The maximum absolute atomic E-state index is 11.7. The van der Waals surface area contributed by atoms with E-state index in [4.69, 9.17) is 5.26 Å². The maximum Gasteiger partial charge on any atom is 0.252 e. The number of hydrogen-bond donors (Lipinski definition) is 2. The molecule has 2 N–H and O–H groups in total. The second-order valence-electron chi connectivity index (χ2n) is 4.17. The van der Waals surface area contributed by atoms with E-state index in [1.165, 1.54) is 18.3 Å². The molecule has 0 aliphatic heterocycles. The fraction of sp³-hybridized carbons (Fsp3) is 0.417. The second-order valence-corrected chi connectivity index (χ2v) is 4.17. The van der Waals surface area contributed by atoms with Crippen molar-refractivity contribution in [1.29, 1.82) is 5.26 Å². The number of amides is 1. The Hall–Kier alpha value is -1.97. The first kappa shape index (κ1) is 14.1. The van der Waals surface area contributed by atoms with Gasteiger partial charge in [0.25, 0.3) is 5.91 Å². The highest BCUT2D eigenvalue weighted by molar-refractivity contribution is 5.93. The molecule has 0 aliphatic carbocycles. The largest absolute Gasteiger partial charge is 0.390 e. The number of likely N-dealkylation sites (N-methyl/N-ethyl adjacent to an activating group) is 1. The number of pyridine rings is 1. The van der Waals surface area contributed by atoms with Crippen LogP contribution in [0.4, 0.5) is 0 Å². The zero-order chi connectivity index (χ0) is 13.5. The lowest BCUT2D eigenvalue weighted by atomic mass is 10.2. The van der Waals surface area contributed by atoms with Crippen LogP contribution >= 0.6 is 0 Å². The van der Waals surface area contributed by atoms with Gasteiger partial charge in [-0.05, 0) is 26.2 Å². The van der Waals surface area contributed by atoms with E-state index in [-0.39, 0.29) is 18.1 Å². The van der Waals surface area contributed by atoms with Gasteiger partial charge in [0.1, 0.15) is 11.8 Å². The number of rotatable bonds is 5. The molecule has 1 atom stereocenters. The first-order valence-corrected chi connectivity index (χ1v) is 5.50. The van der Waals surface area contributed by atoms with Crippen LogP contribution in [0.15, 0.2) is 18.3 Å². The van der Waals surface area contributed by atoms with Gasteiger partial charge in [0.2, 0.25) is 0 Å². The van der Waals surface area contributed by atoms with Crippen molar-refractivity contribution in [1.82, 2.24) is 15.2 Å². The van der Waals surface area contributed by atoms with Crippen LogP contribution in [0.25, 0.3) is 0 Å². The second kappa shape index (κ2) is 6.69. The van der Waals surface area contributed by atoms with Crippen LogP contribution in [0, 0.1) is 11.3 Å². The van der Waals surface area contributed by atoms with Gasteiger partial charge in [-0.2, -0.15) is 5.26 Å². The van der Waals surface area contributed by atoms with E-state index in [0.717, 1.165) is 0 Å². The highest BCUT2D eigenvalue weighted by atomic mass is 16.3. The molecular formula is C12H16N4O2. The molecule has 6 heteroatoms. The molecule has 1 heterocycles. The summed E-state index contributed by atoms with van der Waals surface area (Å²) in [6.45, 7) is 0.656. The molecule has 1 amide bonds. The minimum Gasteiger partial charge on any atom is -0.390 e. The third-order valence-corrected chi connectivity index (χ3v) is 2.21. The van der Waals surface area contributed by atoms with Crippen LogP contribution in [0.2, 0.25) is 0 Å². The number of carbonyl (C=O) groups excluding carboxylic acids is 1. The first-order valence-electron chi connectivity index (χ1n) is 5.50. The molecule has 18 heavy (non-hydrogen) atoms. The fourth-order valence-electron chi connectivity index (χ4n) is 1.39. The molecule has 1 aromatic heterocycles. The minimum absolute atomic E-state index is 0.178. The lowest BCUT2D eigenvalue weighted by Crippen LogP contribution is -2.37. The zero-order valence-corrected chi connectivity index (χ0v) is 10.4. The number of hydrogen-bond acceptors (Lipinski definition) is 5. The van der Waals surface area contributed by atoms with Gasteiger partial charge in [-0.15, -0.1) is 0 Å². The smallest absolute Gasteiger partial charge is 0.252 e. The van der Waals surface area contributed by atoms with Gasteiger partial charge in [0.15, 0.2) is 0 Å². The summed E-state index contributed by atoms with van der Waals surface area (Å²) < 4.78 is 0. The van der Waals surface area contributed by atoms with Crippen molar-refractivity contribution in [2.75, 3.05) is 27.2 Å². The Labute approximate surface area is 106 Å². The van der Waals surface area contributed by atoms with Gasteiger partial charge in [-0.1, -0.05) is 0 Å². The third kappa shape index (κ3) is 4.49. The molecule has 0 saturated carbocycles. The van der Waals surface area contributed by atoms with Gasteiger partial charge in [0.05, 0.1) is 11.7 Å². The lowest BCUT2D eigenvalue weighted by molar-refractivity contribution is 0.0892. The Morgan fingerprint density at radius 3 is 2.83 bits per heavy atom. The van der Waals surface area contributed by atoms with Crippen molar-refractivity contribution in [3.63, 3.8) is 0 Å². The average Bonchev–Trinajstić information content (AvgIpc) is 2.35. The maximum atomic E-state index is 11.7. The van der Waals surface area contributed by atoms with Crippen molar-refractivity contribution in [2.24, 2.45) is 0 Å². The Bertz CT molecular complexity index is 436. The molecule has 1 aromatic rings. The van der Waals surface area contributed by atoms with Crippen molar-refractivity contribution in [3.8, 4) is 6.07 Å². The van der Waals surface area contributed by atoms with E-state index in [9.17, 15) is 9.90 Å². The van der Waals surface area contributed by atoms with E-state index in [0.29, 0.717) is 12.1 Å². The highest BCUT2D eigenvalue weighted by Gasteiger charge is 2.10.